The zero-order valence-corrected chi connectivity index (χ0v) is 10.8. The van der Waals surface area contributed by atoms with Gasteiger partial charge in [-0.3, -0.25) is 4.79 Å². The average molecular weight is 254 g/mol. The molecular weight excluding hydrogens is 235 g/mol. The highest BCUT2D eigenvalue weighted by Crippen LogP contribution is 2.20. The van der Waals surface area contributed by atoms with Crippen LogP contribution in [-0.2, 0) is 4.79 Å². The lowest BCUT2D eigenvalue weighted by Crippen LogP contribution is -2.28. The summed E-state index contributed by atoms with van der Waals surface area (Å²) in [5, 5.41) is 5.58. The summed E-state index contributed by atoms with van der Waals surface area (Å²) in [6.07, 6.45) is 0.963. The Labute approximate surface area is 107 Å². The van der Waals surface area contributed by atoms with E-state index in [4.69, 9.17) is 4.74 Å². The molecule has 0 aliphatic heterocycles. The van der Waals surface area contributed by atoms with E-state index in [-0.39, 0.29) is 18.2 Å². The number of hydrogen-bond donors (Lipinski definition) is 2. The first-order chi connectivity index (χ1) is 8.67. The third-order valence-corrected chi connectivity index (χ3v) is 2.23. The molecule has 18 heavy (non-hydrogen) atoms. The molecule has 0 aromatic heterocycles. The third kappa shape index (κ3) is 4.71. The molecule has 0 atom stereocenters. The second-order valence-corrected chi connectivity index (χ2v) is 3.80. The fourth-order valence-electron chi connectivity index (χ4n) is 1.44. The molecule has 0 saturated heterocycles. The maximum Gasteiger partial charge on any atom is 0.238 e. The van der Waals surface area contributed by atoms with Crippen LogP contribution >= 0.6 is 0 Å². The Morgan fingerprint density at radius 3 is 2.78 bits per heavy atom. The highest BCUT2D eigenvalue weighted by atomic mass is 19.1. The van der Waals surface area contributed by atoms with Crippen molar-refractivity contribution < 1.29 is 13.9 Å². The molecule has 0 radical (unpaired) electrons. The van der Waals surface area contributed by atoms with Crippen LogP contribution in [0.25, 0.3) is 0 Å². The fourth-order valence-corrected chi connectivity index (χ4v) is 1.44. The van der Waals surface area contributed by atoms with Crippen molar-refractivity contribution in [3.05, 3.63) is 24.0 Å². The van der Waals surface area contributed by atoms with E-state index in [0.717, 1.165) is 13.0 Å². The van der Waals surface area contributed by atoms with Gasteiger partial charge in [0, 0.05) is 11.8 Å². The number of rotatable bonds is 7. The molecular formula is C13H19FN2O2. The molecule has 0 unspecified atom stereocenters. The quantitative estimate of drug-likeness (QED) is 0.733. The van der Waals surface area contributed by atoms with Gasteiger partial charge in [-0.15, -0.1) is 0 Å². The normalized spacial score (nSPS) is 10.2. The highest BCUT2D eigenvalue weighted by Gasteiger charge is 2.06. The van der Waals surface area contributed by atoms with Gasteiger partial charge in [0.25, 0.3) is 0 Å². The molecule has 2 N–H and O–H groups in total. The average Bonchev–Trinajstić information content (AvgIpc) is 2.33. The fraction of sp³-hybridized carbons (Fsp3) is 0.462. The summed E-state index contributed by atoms with van der Waals surface area (Å²) < 4.78 is 18.6. The first-order valence-electron chi connectivity index (χ1n) is 6.10. The minimum atomic E-state index is -0.476. The summed E-state index contributed by atoms with van der Waals surface area (Å²) in [6.45, 7) is 5.22. The lowest BCUT2D eigenvalue weighted by Gasteiger charge is -2.08. The van der Waals surface area contributed by atoms with Gasteiger partial charge in [0.05, 0.1) is 13.2 Å². The zero-order chi connectivity index (χ0) is 13.4. The van der Waals surface area contributed by atoms with Crippen molar-refractivity contribution >= 4 is 11.6 Å². The van der Waals surface area contributed by atoms with Crippen LogP contribution in [-0.4, -0.2) is 25.6 Å². The maximum absolute atomic E-state index is 13.5. The molecule has 100 valence electrons. The van der Waals surface area contributed by atoms with Crippen molar-refractivity contribution in [1.82, 2.24) is 5.32 Å². The van der Waals surface area contributed by atoms with E-state index in [1.165, 1.54) is 12.1 Å². The van der Waals surface area contributed by atoms with Crippen molar-refractivity contribution in [3.8, 4) is 5.75 Å². The van der Waals surface area contributed by atoms with Crippen molar-refractivity contribution in [2.75, 3.05) is 25.0 Å². The molecule has 0 aliphatic carbocycles. The predicted molar refractivity (Wildman–Crippen MR) is 69.4 cm³/mol. The van der Waals surface area contributed by atoms with E-state index in [0.29, 0.717) is 12.3 Å². The van der Waals surface area contributed by atoms with E-state index >= 15 is 0 Å². The Kier molecular flexibility index (Phi) is 6.14. The smallest absolute Gasteiger partial charge is 0.238 e. The summed E-state index contributed by atoms with van der Waals surface area (Å²) >= 11 is 0. The van der Waals surface area contributed by atoms with Crippen LogP contribution in [0.4, 0.5) is 10.1 Å². The van der Waals surface area contributed by atoms with Crippen molar-refractivity contribution in [2.45, 2.75) is 20.3 Å². The monoisotopic (exact) mass is 254 g/mol. The van der Waals surface area contributed by atoms with Crippen molar-refractivity contribution in [2.24, 2.45) is 0 Å². The van der Waals surface area contributed by atoms with Gasteiger partial charge in [-0.2, -0.15) is 0 Å². The molecule has 4 nitrogen and oxygen atoms in total. The van der Waals surface area contributed by atoms with Crippen LogP contribution < -0.4 is 15.4 Å². The molecule has 1 rings (SSSR count). The van der Waals surface area contributed by atoms with E-state index in [1.54, 1.807) is 13.0 Å². The van der Waals surface area contributed by atoms with Crippen LogP contribution in [0.2, 0.25) is 0 Å². The lowest BCUT2D eigenvalue weighted by atomic mass is 10.3. The molecule has 1 aromatic carbocycles. The predicted octanol–water partition coefficient (Wildman–Crippen LogP) is 2.16. The van der Waals surface area contributed by atoms with Crippen LogP contribution in [0.5, 0.6) is 5.75 Å². The lowest BCUT2D eigenvalue weighted by molar-refractivity contribution is -0.115. The Hall–Kier alpha value is -1.62. The van der Waals surface area contributed by atoms with Gasteiger partial charge in [-0.05, 0) is 32.0 Å². The van der Waals surface area contributed by atoms with Gasteiger partial charge in [-0.1, -0.05) is 6.92 Å². The van der Waals surface area contributed by atoms with Gasteiger partial charge in [0.2, 0.25) is 5.91 Å². The minimum absolute atomic E-state index is 0.188. The number of carbonyl (C=O) groups is 1. The summed E-state index contributed by atoms with van der Waals surface area (Å²) in [5.41, 5.74) is 0.430. The van der Waals surface area contributed by atoms with Gasteiger partial charge in [-0.25, -0.2) is 4.39 Å². The van der Waals surface area contributed by atoms with E-state index in [2.05, 4.69) is 10.6 Å². The number of ether oxygens (including phenoxy) is 1. The first-order valence-corrected chi connectivity index (χ1v) is 6.10. The van der Waals surface area contributed by atoms with Crippen LogP contribution in [0, 0.1) is 5.82 Å². The molecule has 0 fully saturated rings. The third-order valence-electron chi connectivity index (χ3n) is 2.23. The Morgan fingerprint density at radius 2 is 2.17 bits per heavy atom. The summed E-state index contributed by atoms with van der Waals surface area (Å²) in [6, 6.07) is 4.38. The van der Waals surface area contributed by atoms with Gasteiger partial charge in [0.1, 0.15) is 0 Å². The standard InChI is InChI=1S/C13H19FN2O2/c1-3-7-15-9-13(17)16-10-5-6-12(18-4-2)11(14)8-10/h5-6,8,15H,3-4,7,9H2,1-2H3,(H,16,17). The molecule has 0 bridgehead atoms. The summed E-state index contributed by atoms with van der Waals surface area (Å²) in [7, 11) is 0. The molecule has 0 heterocycles. The molecule has 1 amide bonds. The number of amides is 1. The largest absolute Gasteiger partial charge is 0.491 e. The zero-order valence-electron chi connectivity index (χ0n) is 10.8. The Balaban J connectivity index is 2.52. The Bertz CT molecular complexity index is 397. The molecule has 1 aromatic rings. The number of benzene rings is 1. The highest BCUT2D eigenvalue weighted by molar-refractivity contribution is 5.92. The van der Waals surface area contributed by atoms with Crippen molar-refractivity contribution in [1.29, 1.82) is 0 Å². The van der Waals surface area contributed by atoms with Crippen LogP contribution in [0.15, 0.2) is 18.2 Å². The van der Waals surface area contributed by atoms with Gasteiger partial charge in [0.15, 0.2) is 11.6 Å². The number of carbonyl (C=O) groups excluding carboxylic acids is 1. The van der Waals surface area contributed by atoms with Gasteiger partial charge < -0.3 is 15.4 Å². The topological polar surface area (TPSA) is 50.4 Å². The number of anilines is 1. The maximum atomic E-state index is 13.5. The van der Waals surface area contributed by atoms with Crippen LogP contribution in [0.1, 0.15) is 20.3 Å². The van der Waals surface area contributed by atoms with Crippen LogP contribution in [0.3, 0.4) is 0 Å². The number of hydrogen-bond acceptors (Lipinski definition) is 3. The molecule has 0 aliphatic rings. The van der Waals surface area contributed by atoms with E-state index < -0.39 is 5.82 Å². The molecule has 5 heteroatoms. The second-order valence-electron chi connectivity index (χ2n) is 3.80. The SMILES string of the molecule is CCCNCC(=O)Nc1ccc(OCC)c(F)c1. The number of nitrogens with one attached hydrogen (secondary N) is 2. The molecule has 0 saturated carbocycles. The second kappa shape index (κ2) is 7.66. The number of halogens is 1. The summed E-state index contributed by atoms with van der Waals surface area (Å²) in [5.74, 6) is -0.470. The minimum Gasteiger partial charge on any atom is -0.491 e. The first kappa shape index (κ1) is 14.4. The molecule has 0 spiro atoms. The van der Waals surface area contributed by atoms with Crippen molar-refractivity contribution in [3.63, 3.8) is 0 Å². The van der Waals surface area contributed by atoms with Gasteiger partial charge >= 0.3 is 0 Å². The van der Waals surface area contributed by atoms with E-state index in [9.17, 15) is 9.18 Å². The van der Waals surface area contributed by atoms with E-state index in [1.807, 2.05) is 6.92 Å². The Morgan fingerprint density at radius 1 is 1.39 bits per heavy atom. The summed E-state index contributed by atoms with van der Waals surface area (Å²) in [4.78, 5) is 11.5.